The van der Waals surface area contributed by atoms with Gasteiger partial charge in [0.25, 0.3) is 0 Å². The Kier molecular flexibility index (Phi) is 2.46. The molecule has 3 nitrogen and oxygen atoms in total. The summed E-state index contributed by atoms with van der Waals surface area (Å²) in [5.74, 6) is 0. The fraction of sp³-hybridized carbons (Fsp3) is 0.143. The second kappa shape index (κ2) is 4.11. The average molecular weight is 225 g/mol. The van der Waals surface area contributed by atoms with E-state index >= 15 is 0 Å². The third kappa shape index (κ3) is 1.85. The van der Waals surface area contributed by atoms with Crippen LogP contribution in [0.5, 0.6) is 0 Å². The highest BCUT2D eigenvalue weighted by atomic mass is 15.8. The van der Waals surface area contributed by atoms with Crippen LogP contribution in [0.2, 0.25) is 0 Å². The van der Waals surface area contributed by atoms with E-state index in [1.54, 1.807) is 0 Å². The predicted octanol–water partition coefficient (Wildman–Crippen LogP) is 2.56. The lowest BCUT2D eigenvalue weighted by Crippen LogP contribution is -2.41. The minimum absolute atomic E-state index is 0.863. The number of hydrazine groups is 2. The van der Waals surface area contributed by atoms with Crippen molar-refractivity contribution in [2.24, 2.45) is 0 Å². The van der Waals surface area contributed by atoms with Crippen molar-refractivity contribution in [1.29, 1.82) is 0 Å². The van der Waals surface area contributed by atoms with E-state index in [0.29, 0.717) is 0 Å². The minimum atomic E-state index is 0.863. The summed E-state index contributed by atoms with van der Waals surface area (Å²) in [6.45, 7) is 0.863. The topological polar surface area (TPSA) is 18.5 Å². The fourth-order valence-corrected chi connectivity index (χ4v) is 2.15. The molecule has 0 bridgehead atoms. The predicted molar refractivity (Wildman–Crippen MR) is 70.6 cm³/mol. The molecule has 1 N–H and O–H groups in total. The molecule has 0 saturated carbocycles. The van der Waals surface area contributed by atoms with Gasteiger partial charge in [-0.15, -0.1) is 5.53 Å². The summed E-state index contributed by atoms with van der Waals surface area (Å²) in [4.78, 5) is 0. The van der Waals surface area contributed by atoms with Crippen LogP contribution in [0.25, 0.3) is 0 Å². The van der Waals surface area contributed by atoms with Gasteiger partial charge in [0.1, 0.15) is 0 Å². The van der Waals surface area contributed by atoms with Crippen LogP contribution in [0.4, 0.5) is 11.4 Å². The molecule has 3 rings (SSSR count). The van der Waals surface area contributed by atoms with Crippen molar-refractivity contribution in [2.45, 2.75) is 6.54 Å². The third-order valence-corrected chi connectivity index (χ3v) is 2.99. The van der Waals surface area contributed by atoms with Crippen molar-refractivity contribution in [3.8, 4) is 0 Å². The first kappa shape index (κ1) is 10.2. The number of anilines is 2. The van der Waals surface area contributed by atoms with E-state index < -0.39 is 0 Å². The molecule has 1 aliphatic rings. The van der Waals surface area contributed by atoms with E-state index in [1.165, 1.54) is 16.9 Å². The molecule has 17 heavy (non-hydrogen) atoms. The standard InChI is InChI=1S/C14H15N3/c1-16-13-9-5-6-10-14(13)17(15-16)11-12-7-3-2-4-8-12/h2-10,15H,11H2,1H3. The molecular weight excluding hydrogens is 210 g/mol. The largest absolute Gasteiger partial charge is 0.292 e. The summed E-state index contributed by atoms with van der Waals surface area (Å²) in [5.41, 5.74) is 7.06. The maximum Gasteiger partial charge on any atom is 0.0789 e. The molecule has 1 aliphatic heterocycles. The van der Waals surface area contributed by atoms with E-state index in [1.807, 2.05) is 18.1 Å². The SMILES string of the molecule is CN1NN(Cc2ccccc2)c2ccccc21. The van der Waals surface area contributed by atoms with Gasteiger partial charge in [-0.25, -0.2) is 0 Å². The number of para-hydroxylation sites is 2. The molecule has 2 aromatic carbocycles. The molecule has 0 fully saturated rings. The number of rotatable bonds is 2. The molecule has 0 aliphatic carbocycles. The van der Waals surface area contributed by atoms with Gasteiger partial charge in [0.2, 0.25) is 0 Å². The summed E-state index contributed by atoms with van der Waals surface area (Å²) < 4.78 is 0. The Morgan fingerprint density at radius 3 is 2.29 bits per heavy atom. The number of nitrogens with zero attached hydrogens (tertiary/aromatic N) is 2. The van der Waals surface area contributed by atoms with Crippen LogP contribution in [0.1, 0.15) is 5.56 Å². The summed E-state index contributed by atoms with van der Waals surface area (Å²) in [6.07, 6.45) is 0. The molecule has 0 unspecified atom stereocenters. The molecule has 0 spiro atoms. The molecule has 0 amide bonds. The average Bonchev–Trinajstić information content (AvgIpc) is 2.69. The Bertz CT molecular complexity index is 510. The quantitative estimate of drug-likeness (QED) is 0.847. The maximum absolute atomic E-state index is 3.33. The summed E-state index contributed by atoms with van der Waals surface area (Å²) in [5, 5.41) is 4.20. The zero-order valence-electron chi connectivity index (χ0n) is 9.80. The lowest BCUT2D eigenvalue weighted by molar-refractivity contribution is 0.650. The van der Waals surface area contributed by atoms with Gasteiger partial charge in [0.15, 0.2) is 0 Å². The van der Waals surface area contributed by atoms with E-state index in [4.69, 9.17) is 0 Å². The number of benzene rings is 2. The van der Waals surface area contributed by atoms with Crippen LogP contribution in [0.15, 0.2) is 54.6 Å². The molecule has 0 atom stereocenters. The number of hydrogen-bond acceptors (Lipinski definition) is 3. The summed E-state index contributed by atoms with van der Waals surface area (Å²) in [7, 11) is 2.03. The second-order valence-electron chi connectivity index (χ2n) is 4.22. The van der Waals surface area contributed by atoms with Crippen molar-refractivity contribution in [3.05, 3.63) is 60.2 Å². The molecule has 0 aromatic heterocycles. The fourth-order valence-electron chi connectivity index (χ4n) is 2.15. The lowest BCUT2D eigenvalue weighted by Gasteiger charge is -2.20. The van der Waals surface area contributed by atoms with Crippen molar-refractivity contribution in [1.82, 2.24) is 5.53 Å². The number of fused-ring (bicyclic) bond motifs is 1. The molecule has 3 heteroatoms. The first-order chi connectivity index (χ1) is 8.34. The Hall–Kier alpha value is -2.00. The molecule has 0 radical (unpaired) electrons. The van der Waals surface area contributed by atoms with Crippen molar-refractivity contribution >= 4 is 11.4 Å². The number of hydrogen-bond donors (Lipinski definition) is 1. The van der Waals surface area contributed by atoms with Crippen LogP contribution in [0, 0.1) is 0 Å². The van der Waals surface area contributed by atoms with E-state index in [9.17, 15) is 0 Å². The zero-order chi connectivity index (χ0) is 11.7. The first-order valence-corrected chi connectivity index (χ1v) is 5.75. The van der Waals surface area contributed by atoms with Crippen LogP contribution in [-0.4, -0.2) is 7.05 Å². The zero-order valence-corrected chi connectivity index (χ0v) is 9.80. The normalized spacial score (nSPS) is 13.9. The smallest absolute Gasteiger partial charge is 0.0789 e. The Balaban J connectivity index is 1.87. The maximum atomic E-state index is 3.33. The molecular formula is C14H15N3. The van der Waals surface area contributed by atoms with Crippen LogP contribution in [-0.2, 0) is 6.54 Å². The first-order valence-electron chi connectivity index (χ1n) is 5.75. The third-order valence-electron chi connectivity index (χ3n) is 2.99. The Labute approximate surface area is 101 Å². The molecule has 86 valence electrons. The van der Waals surface area contributed by atoms with Crippen LogP contribution >= 0.6 is 0 Å². The monoisotopic (exact) mass is 225 g/mol. The Morgan fingerprint density at radius 2 is 1.53 bits per heavy atom. The number of nitrogens with one attached hydrogen (secondary N) is 1. The van der Waals surface area contributed by atoms with Crippen molar-refractivity contribution in [2.75, 3.05) is 17.1 Å². The highest BCUT2D eigenvalue weighted by Gasteiger charge is 2.21. The van der Waals surface area contributed by atoms with Gasteiger partial charge in [0, 0.05) is 7.05 Å². The minimum Gasteiger partial charge on any atom is -0.292 e. The molecule has 2 aromatic rings. The van der Waals surface area contributed by atoms with Gasteiger partial charge in [-0.2, -0.15) is 0 Å². The highest BCUT2D eigenvalue weighted by Crippen LogP contribution is 2.32. The van der Waals surface area contributed by atoms with E-state index in [2.05, 4.69) is 59.1 Å². The van der Waals surface area contributed by atoms with E-state index in [-0.39, 0.29) is 0 Å². The lowest BCUT2D eigenvalue weighted by atomic mass is 10.2. The molecule has 0 saturated heterocycles. The van der Waals surface area contributed by atoms with Gasteiger partial charge in [-0.05, 0) is 17.7 Å². The van der Waals surface area contributed by atoms with Gasteiger partial charge in [0.05, 0.1) is 17.9 Å². The highest BCUT2D eigenvalue weighted by molar-refractivity contribution is 5.73. The second-order valence-corrected chi connectivity index (χ2v) is 4.22. The van der Waals surface area contributed by atoms with Crippen LogP contribution in [0.3, 0.4) is 0 Å². The Morgan fingerprint density at radius 1 is 0.882 bits per heavy atom. The van der Waals surface area contributed by atoms with Gasteiger partial charge in [-0.1, -0.05) is 42.5 Å². The van der Waals surface area contributed by atoms with Crippen molar-refractivity contribution in [3.63, 3.8) is 0 Å². The van der Waals surface area contributed by atoms with Crippen LogP contribution < -0.4 is 15.6 Å². The summed E-state index contributed by atoms with van der Waals surface area (Å²) >= 11 is 0. The summed E-state index contributed by atoms with van der Waals surface area (Å²) in [6, 6.07) is 18.8. The van der Waals surface area contributed by atoms with Gasteiger partial charge in [-0.3, -0.25) is 10.0 Å². The van der Waals surface area contributed by atoms with Crippen molar-refractivity contribution < 1.29 is 0 Å². The molecule has 1 heterocycles. The van der Waals surface area contributed by atoms with E-state index in [0.717, 1.165) is 6.54 Å². The van der Waals surface area contributed by atoms with Gasteiger partial charge < -0.3 is 0 Å². The van der Waals surface area contributed by atoms with Gasteiger partial charge >= 0.3 is 0 Å².